The van der Waals surface area contributed by atoms with Gasteiger partial charge in [-0.25, -0.2) is 4.39 Å². The Balaban J connectivity index is 1.39. The number of nitrogens with one attached hydrogen (secondary N) is 2. The van der Waals surface area contributed by atoms with Gasteiger partial charge in [0.2, 0.25) is 0 Å². The zero-order valence-corrected chi connectivity index (χ0v) is 17.9. The quantitative estimate of drug-likeness (QED) is 0.544. The lowest BCUT2D eigenvalue weighted by Crippen LogP contribution is -2.34. The molecule has 2 aromatic rings. The highest BCUT2D eigenvalue weighted by Crippen LogP contribution is 2.28. The second-order valence-electron chi connectivity index (χ2n) is 7.93. The van der Waals surface area contributed by atoms with Gasteiger partial charge in [-0.1, -0.05) is 0 Å². The minimum Gasteiger partial charge on any atom is -0.490 e. The van der Waals surface area contributed by atoms with Gasteiger partial charge >= 0.3 is 5.97 Å². The molecule has 2 aromatic carbocycles. The molecule has 7 nitrogen and oxygen atoms in total. The van der Waals surface area contributed by atoms with Crippen LogP contribution in [0, 0.1) is 18.7 Å². The minimum absolute atomic E-state index is 0.0150. The number of carboxylic acids is 1. The Hall–Kier alpha value is -3.42. The van der Waals surface area contributed by atoms with E-state index in [0.29, 0.717) is 48.1 Å². The molecule has 1 aliphatic rings. The fraction of sp³-hybridized carbons (Fsp3) is 0.375. The fourth-order valence-electron chi connectivity index (χ4n) is 3.65. The van der Waals surface area contributed by atoms with Gasteiger partial charge in [0.1, 0.15) is 11.6 Å². The molecule has 2 amide bonds. The lowest BCUT2D eigenvalue weighted by molar-refractivity contribution is -0.143. The highest BCUT2D eigenvalue weighted by Gasteiger charge is 2.26. The van der Waals surface area contributed by atoms with Crippen molar-refractivity contribution >= 4 is 17.8 Å². The fourth-order valence-corrected chi connectivity index (χ4v) is 3.65. The zero-order chi connectivity index (χ0) is 23.1. The van der Waals surface area contributed by atoms with Gasteiger partial charge in [-0.2, -0.15) is 0 Å². The Morgan fingerprint density at radius 3 is 2.06 bits per heavy atom. The summed E-state index contributed by atoms with van der Waals surface area (Å²) in [6.45, 7) is 2.07. The molecule has 170 valence electrons. The molecule has 0 atom stereocenters. The molecule has 0 heterocycles. The predicted molar refractivity (Wildman–Crippen MR) is 116 cm³/mol. The first kappa shape index (κ1) is 23.2. The van der Waals surface area contributed by atoms with E-state index in [1.807, 2.05) is 0 Å². The third-order valence-corrected chi connectivity index (χ3v) is 5.56. The number of ether oxygens (including phenoxy) is 1. The van der Waals surface area contributed by atoms with Gasteiger partial charge in [0.15, 0.2) is 0 Å². The van der Waals surface area contributed by atoms with Crippen molar-refractivity contribution in [3.8, 4) is 5.75 Å². The average molecular weight is 442 g/mol. The van der Waals surface area contributed by atoms with Gasteiger partial charge < -0.3 is 20.5 Å². The van der Waals surface area contributed by atoms with Crippen LogP contribution in [0.3, 0.4) is 0 Å². The van der Waals surface area contributed by atoms with Gasteiger partial charge in [-0.15, -0.1) is 0 Å². The molecule has 1 aliphatic carbocycles. The number of carbonyl (C=O) groups excluding carboxylic acids is 2. The number of aryl methyl sites for hydroxylation is 1. The van der Waals surface area contributed by atoms with Gasteiger partial charge in [0.05, 0.1) is 12.0 Å². The van der Waals surface area contributed by atoms with Gasteiger partial charge in [-0.05, 0) is 80.6 Å². The molecule has 1 saturated carbocycles. The second kappa shape index (κ2) is 10.7. The Kier molecular flexibility index (Phi) is 7.81. The molecular formula is C24H27FN2O5. The summed E-state index contributed by atoms with van der Waals surface area (Å²) in [7, 11) is 0. The molecule has 3 N–H and O–H groups in total. The summed E-state index contributed by atoms with van der Waals surface area (Å²) in [5.74, 6) is -1.36. The standard InChI is InChI=1S/C24H27FN2O5/c1-15-14-18(6-11-21(15)25)23(29)27-13-12-26-22(28)16-2-7-19(8-3-16)32-20-9-4-17(5-10-20)24(30)31/h2-3,6-8,11,14,17,20H,4-5,9-10,12-13H2,1H3,(H,26,28)(H,27,29)(H,30,31). The molecule has 0 radical (unpaired) electrons. The average Bonchev–Trinajstić information content (AvgIpc) is 2.79. The van der Waals surface area contributed by atoms with Gasteiger partial charge in [0, 0.05) is 24.2 Å². The third kappa shape index (κ3) is 6.29. The second-order valence-corrected chi connectivity index (χ2v) is 7.93. The van der Waals surface area contributed by atoms with Crippen LogP contribution in [0.5, 0.6) is 5.75 Å². The normalized spacial score (nSPS) is 17.9. The number of benzene rings is 2. The van der Waals surface area contributed by atoms with E-state index in [1.165, 1.54) is 18.2 Å². The topological polar surface area (TPSA) is 105 Å². The first-order valence-electron chi connectivity index (χ1n) is 10.7. The van der Waals surface area contributed by atoms with Crippen LogP contribution in [0.4, 0.5) is 4.39 Å². The minimum atomic E-state index is -0.746. The van der Waals surface area contributed by atoms with E-state index in [4.69, 9.17) is 9.84 Å². The highest BCUT2D eigenvalue weighted by atomic mass is 19.1. The van der Waals surface area contributed by atoms with Crippen LogP contribution in [-0.2, 0) is 4.79 Å². The largest absolute Gasteiger partial charge is 0.490 e. The summed E-state index contributed by atoms with van der Waals surface area (Å²) in [5, 5.41) is 14.5. The van der Waals surface area contributed by atoms with E-state index in [2.05, 4.69) is 10.6 Å². The SMILES string of the molecule is Cc1cc(C(=O)NCCNC(=O)c2ccc(OC3CCC(C(=O)O)CC3)cc2)ccc1F. The zero-order valence-electron chi connectivity index (χ0n) is 17.9. The van der Waals surface area contributed by atoms with E-state index in [-0.39, 0.29) is 42.7 Å². The smallest absolute Gasteiger partial charge is 0.306 e. The van der Waals surface area contributed by atoms with Crippen molar-refractivity contribution in [1.82, 2.24) is 10.6 Å². The number of carbonyl (C=O) groups is 3. The van der Waals surface area contributed by atoms with E-state index < -0.39 is 5.97 Å². The molecule has 0 bridgehead atoms. The molecular weight excluding hydrogens is 415 g/mol. The first-order valence-corrected chi connectivity index (χ1v) is 10.7. The summed E-state index contributed by atoms with van der Waals surface area (Å²) < 4.78 is 19.2. The number of amides is 2. The summed E-state index contributed by atoms with van der Waals surface area (Å²) in [4.78, 5) is 35.4. The van der Waals surface area contributed by atoms with Crippen molar-refractivity contribution in [1.29, 1.82) is 0 Å². The Labute approximate surface area is 186 Å². The van der Waals surface area contributed by atoms with Gasteiger partial charge in [-0.3, -0.25) is 14.4 Å². The number of carboxylic acid groups (broad SMARTS) is 1. The lowest BCUT2D eigenvalue weighted by atomic mass is 9.87. The Morgan fingerprint density at radius 2 is 1.50 bits per heavy atom. The van der Waals surface area contributed by atoms with Crippen molar-refractivity contribution < 1.29 is 28.6 Å². The van der Waals surface area contributed by atoms with Crippen LogP contribution in [-0.4, -0.2) is 42.1 Å². The number of halogens is 1. The Bertz CT molecular complexity index is 969. The van der Waals surface area contributed by atoms with Crippen molar-refractivity contribution in [3.05, 3.63) is 65.0 Å². The molecule has 3 rings (SSSR count). The van der Waals surface area contributed by atoms with Crippen LogP contribution in [0.25, 0.3) is 0 Å². The predicted octanol–water partition coefficient (Wildman–Crippen LogP) is 3.32. The summed E-state index contributed by atoms with van der Waals surface area (Å²) in [5.41, 5.74) is 1.22. The summed E-state index contributed by atoms with van der Waals surface area (Å²) in [6.07, 6.45) is 2.60. The summed E-state index contributed by atoms with van der Waals surface area (Å²) in [6, 6.07) is 10.9. The third-order valence-electron chi connectivity index (χ3n) is 5.56. The first-order chi connectivity index (χ1) is 15.3. The van der Waals surface area contributed by atoms with Crippen molar-refractivity contribution in [2.75, 3.05) is 13.1 Å². The van der Waals surface area contributed by atoms with Gasteiger partial charge in [0.25, 0.3) is 11.8 Å². The van der Waals surface area contributed by atoms with Crippen molar-refractivity contribution in [3.63, 3.8) is 0 Å². The molecule has 32 heavy (non-hydrogen) atoms. The Morgan fingerprint density at radius 1 is 0.938 bits per heavy atom. The van der Waals surface area contributed by atoms with Crippen LogP contribution in [0.1, 0.15) is 52.0 Å². The molecule has 0 aromatic heterocycles. The highest BCUT2D eigenvalue weighted by molar-refractivity contribution is 5.95. The van der Waals surface area contributed by atoms with Crippen LogP contribution >= 0.6 is 0 Å². The maximum Gasteiger partial charge on any atom is 0.306 e. The van der Waals surface area contributed by atoms with Crippen molar-refractivity contribution in [2.24, 2.45) is 5.92 Å². The number of hydrogen-bond acceptors (Lipinski definition) is 4. The molecule has 0 spiro atoms. The van der Waals surface area contributed by atoms with Crippen LogP contribution in [0.15, 0.2) is 42.5 Å². The van der Waals surface area contributed by atoms with E-state index in [0.717, 1.165) is 0 Å². The molecule has 0 aliphatic heterocycles. The molecule has 8 heteroatoms. The lowest BCUT2D eigenvalue weighted by Gasteiger charge is -2.26. The maximum absolute atomic E-state index is 13.3. The number of hydrogen-bond donors (Lipinski definition) is 3. The molecule has 0 saturated heterocycles. The van der Waals surface area contributed by atoms with E-state index in [1.54, 1.807) is 31.2 Å². The number of aliphatic carboxylic acids is 1. The molecule has 0 unspecified atom stereocenters. The maximum atomic E-state index is 13.3. The van der Waals surface area contributed by atoms with E-state index in [9.17, 15) is 18.8 Å². The van der Waals surface area contributed by atoms with Crippen LogP contribution in [0.2, 0.25) is 0 Å². The molecule has 1 fully saturated rings. The summed E-state index contributed by atoms with van der Waals surface area (Å²) >= 11 is 0. The number of rotatable bonds is 8. The monoisotopic (exact) mass is 442 g/mol. The van der Waals surface area contributed by atoms with Crippen LogP contribution < -0.4 is 15.4 Å². The van der Waals surface area contributed by atoms with Crippen molar-refractivity contribution in [2.45, 2.75) is 38.7 Å². The van der Waals surface area contributed by atoms with E-state index >= 15 is 0 Å².